The van der Waals surface area contributed by atoms with E-state index < -0.39 is 11.6 Å². The zero-order chi connectivity index (χ0) is 11.7. The molecule has 1 aromatic heterocycles. The van der Waals surface area contributed by atoms with E-state index in [1.165, 1.54) is 10.9 Å². The van der Waals surface area contributed by atoms with E-state index in [1.807, 2.05) is 0 Å². The van der Waals surface area contributed by atoms with Gasteiger partial charge in [0.15, 0.2) is 5.82 Å². The molecule has 0 aliphatic rings. The van der Waals surface area contributed by atoms with Crippen LogP contribution in [0.2, 0.25) is 5.02 Å². The zero-order valence-corrected chi connectivity index (χ0v) is 8.88. The average Bonchev–Trinajstić information content (AvgIpc) is 2.52. The number of benzene rings is 1. The van der Waals surface area contributed by atoms with E-state index in [-0.39, 0.29) is 22.9 Å². The zero-order valence-electron chi connectivity index (χ0n) is 8.12. The van der Waals surface area contributed by atoms with Gasteiger partial charge in [0.05, 0.1) is 6.54 Å². The Labute approximate surface area is 95.4 Å². The molecule has 0 radical (unpaired) electrons. The van der Waals surface area contributed by atoms with E-state index in [9.17, 15) is 8.78 Å². The molecule has 0 bridgehead atoms. The molecule has 0 atom stereocenters. The molecule has 0 saturated heterocycles. The van der Waals surface area contributed by atoms with Crippen molar-refractivity contribution in [2.75, 3.05) is 5.73 Å². The van der Waals surface area contributed by atoms with Crippen LogP contribution in [0.3, 0.4) is 0 Å². The van der Waals surface area contributed by atoms with Gasteiger partial charge in [-0.15, -0.1) is 0 Å². The second kappa shape index (κ2) is 4.09. The number of nitrogens with two attached hydrogens (primary N) is 1. The van der Waals surface area contributed by atoms with Gasteiger partial charge in [-0.05, 0) is 18.2 Å². The van der Waals surface area contributed by atoms with Gasteiger partial charge in [0, 0.05) is 11.8 Å². The van der Waals surface area contributed by atoms with E-state index in [0.717, 1.165) is 18.2 Å². The SMILES string of the molecule is Nc1nn(Cc2cc(F)ccc2F)cc1Cl. The number of anilines is 1. The highest BCUT2D eigenvalue weighted by molar-refractivity contribution is 6.32. The van der Waals surface area contributed by atoms with Gasteiger partial charge in [0.2, 0.25) is 0 Å². The Morgan fingerprint density at radius 2 is 2.12 bits per heavy atom. The number of nitrogen functional groups attached to an aromatic ring is 1. The predicted molar refractivity (Wildman–Crippen MR) is 57.1 cm³/mol. The van der Waals surface area contributed by atoms with Crippen molar-refractivity contribution in [1.82, 2.24) is 9.78 Å². The summed E-state index contributed by atoms with van der Waals surface area (Å²) in [5, 5.41) is 4.14. The summed E-state index contributed by atoms with van der Waals surface area (Å²) in [5.41, 5.74) is 5.62. The van der Waals surface area contributed by atoms with Gasteiger partial charge in [-0.3, -0.25) is 4.68 Å². The van der Waals surface area contributed by atoms with Crippen molar-refractivity contribution in [3.63, 3.8) is 0 Å². The summed E-state index contributed by atoms with van der Waals surface area (Å²) in [6.45, 7) is 0.0838. The van der Waals surface area contributed by atoms with Crippen LogP contribution in [0.5, 0.6) is 0 Å². The molecule has 2 rings (SSSR count). The molecule has 0 aliphatic heterocycles. The number of hydrogen-bond acceptors (Lipinski definition) is 2. The molecule has 0 fully saturated rings. The van der Waals surface area contributed by atoms with Gasteiger partial charge in [0.25, 0.3) is 0 Å². The molecule has 0 aliphatic carbocycles. The molecule has 16 heavy (non-hydrogen) atoms. The summed E-state index contributed by atoms with van der Waals surface area (Å²) in [6.07, 6.45) is 1.46. The summed E-state index contributed by atoms with van der Waals surface area (Å²) in [5.74, 6) is -0.826. The third kappa shape index (κ3) is 2.14. The second-order valence-electron chi connectivity index (χ2n) is 3.30. The van der Waals surface area contributed by atoms with Crippen molar-refractivity contribution >= 4 is 17.4 Å². The Kier molecular flexibility index (Phi) is 2.78. The Morgan fingerprint density at radius 3 is 2.75 bits per heavy atom. The Hall–Kier alpha value is -1.62. The topological polar surface area (TPSA) is 43.8 Å². The standard InChI is InChI=1S/C10H8ClF2N3/c11-8-5-16(15-10(8)14)4-6-3-7(12)1-2-9(6)13/h1-3,5H,4H2,(H2,14,15). The van der Waals surface area contributed by atoms with E-state index in [4.69, 9.17) is 17.3 Å². The number of aromatic nitrogens is 2. The van der Waals surface area contributed by atoms with Crippen LogP contribution in [0, 0.1) is 11.6 Å². The molecule has 6 heteroatoms. The largest absolute Gasteiger partial charge is 0.381 e. The molecule has 1 heterocycles. The Balaban J connectivity index is 2.29. The second-order valence-corrected chi connectivity index (χ2v) is 3.70. The van der Waals surface area contributed by atoms with Gasteiger partial charge >= 0.3 is 0 Å². The summed E-state index contributed by atoms with van der Waals surface area (Å²) in [4.78, 5) is 0. The summed E-state index contributed by atoms with van der Waals surface area (Å²) in [6, 6.07) is 3.24. The molecule has 2 aromatic rings. The number of halogens is 3. The first-order chi connectivity index (χ1) is 7.56. The molecular weight excluding hydrogens is 236 g/mol. The molecule has 0 unspecified atom stereocenters. The maximum absolute atomic E-state index is 13.3. The lowest BCUT2D eigenvalue weighted by atomic mass is 10.2. The molecular formula is C10H8ClF2N3. The van der Waals surface area contributed by atoms with Crippen molar-refractivity contribution in [2.45, 2.75) is 6.54 Å². The van der Waals surface area contributed by atoms with Gasteiger partial charge in [-0.2, -0.15) is 5.10 Å². The van der Waals surface area contributed by atoms with Gasteiger partial charge in [0.1, 0.15) is 16.7 Å². The van der Waals surface area contributed by atoms with Crippen LogP contribution in [0.15, 0.2) is 24.4 Å². The fourth-order valence-electron chi connectivity index (χ4n) is 1.33. The Morgan fingerprint density at radius 1 is 1.38 bits per heavy atom. The van der Waals surface area contributed by atoms with Crippen molar-refractivity contribution < 1.29 is 8.78 Å². The van der Waals surface area contributed by atoms with Crippen molar-refractivity contribution in [1.29, 1.82) is 0 Å². The number of nitrogens with zero attached hydrogens (tertiary/aromatic N) is 2. The lowest BCUT2D eigenvalue weighted by Crippen LogP contribution is -2.03. The lowest BCUT2D eigenvalue weighted by Gasteiger charge is -2.03. The predicted octanol–water partition coefficient (Wildman–Crippen LogP) is 2.45. The number of rotatable bonds is 2. The van der Waals surface area contributed by atoms with Gasteiger partial charge in [-0.25, -0.2) is 8.78 Å². The first-order valence-corrected chi connectivity index (χ1v) is 4.86. The average molecular weight is 244 g/mol. The smallest absolute Gasteiger partial charge is 0.164 e. The fraction of sp³-hybridized carbons (Fsp3) is 0.100. The minimum Gasteiger partial charge on any atom is -0.381 e. The maximum Gasteiger partial charge on any atom is 0.164 e. The van der Waals surface area contributed by atoms with E-state index in [2.05, 4.69) is 5.10 Å². The first kappa shape index (κ1) is 10.9. The van der Waals surface area contributed by atoms with Crippen LogP contribution in [-0.4, -0.2) is 9.78 Å². The summed E-state index contributed by atoms with van der Waals surface area (Å²) in [7, 11) is 0. The highest BCUT2D eigenvalue weighted by atomic mass is 35.5. The molecule has 0 spiro atoms. The number of hydrogen-bond donors (Lipinski definition) is 1. The van der Waals surface area contributed by atoms with Gasteiger partial charge in [-0.1, -0.05) is 11.6 Å². The highest BCUT2D eigenvalue weighted by Gasteiger charge is 2.07. The summed E-state index contributed by atoms with van der Waals surface area (Å²) < 4.78 is 27.5. The highest BCUT2D eigenvalue weighted by Crippen LogP contribution is 2.17. The van der Waals surface area contributed by atoms with Crippen molar-refractivity contribution in [3.05, 3.63) is 46.6 Å². The molecule has 0 saturated carbocycles. The normalized spacial score (nSPS) is 10.7. The fourth-order valence-corrected chi connectivity index (χ4v) is 1.48. The van der Waals surface area contributed by atoms with E-state index in [1.54, 1.807) is 0 Å². The van der Waals surface area contributed by atoms with Gasteiger partial charge < -0.3 is 5.73 Å². The first-order valence-electron chi connectivity index (χ1n) is 4.48. The minimum atomic E-state index is -0.498. The van der Waals surface area contributed by atoms with Crippen LogP contribution in [0.25, 0.3) is 0 Å². The molecule has 2 N–H and O–H groups in total. The van der Waals surface area contributed by atoms with E-state index >= 15 is 0 Å². The van der Waals surface area contributed by atoms with Crippen molar-refractivity contribution in [2.24, 2.45) is 0 Å². The lowest BCUT2D eigenvalue weighted by molar-refractivity contribution is 0.567. The molecule has 3 nitrogen and oxygen atoms in total. The van der Waals surface area contributed by atoms with Crippen molar-refractivity contribution in [3.8, 4) is 0 Å². The van der Waals surface area contributed by atoms with Crippen LogP contribution in [-0.2, 0) is 6.54 Å². The molecule has 84 valence electrons. The summed E-state index contributed by atoms with van der Waals surface area (Å²) >= 11 is 5.69. The third-order valence-electron chi connectivity index (χ3n) is 2.08. The molecule has 0 amide bonds. The Bertz CT molecular complexity index is 505. The third-order valence-corrected chi connectivity index (χ3v) is 2.37. The quantitative estimate of drug-likeness (QED) is 0.881. The van der Waals surface area contributed by atoms with Crippen LogP contribution in [0.1, 0.15) is 5.56 Å². The van der Waals surface area contributed by atoms with E-state index in [0.29, 0.717) is 0 Å². The molecule has 1 aromatic carbocycles. The van der Waals surface area contributed by atoms with Crippen LogP contribution in [0.4, 0.5) is 14.6 Å². The van der Waals surface area contributed by atoms with Crippen LogP contribution < -0.4 is 5.73 Å². The minimum absolute atomic E-state index is 0.0838. The maximum atomic E-state index is 13.3. The monoisotopic (exact) mass is 243 g/mol. The van der Waals surface area contributed by atoms with Crippen LogP contribution >= 0.6 is 11.6 Å².